The van der Waals surface area contributed by atoms with Crippen LogP contribution in [0.1, 0.15) is 27.0 Å². The average molecular weight is 267 g/mol. The number of benzene rings is 2. The van der Waals surface area contributed by atoms with Crippen molar-refractivity contribution in [3.8, 4) is 0 Å². The third-order valence-electron chi connectivity index (χ3n) is 3.72. The van der Waals surface area contributed by atoms with E-state index in [9.17, 15) is 4.79 Å². The molecule has 3 N–H and O–H groups in total. The lowest BCUT2D eigenvalue weighted by Gasteiger charge is -2.17. The van der Waals surface area contributed by atoms with E-state index in [2.05, 4.69) is 41.5 Å². The summed E-state index contributed by atoms with van der Waals surface area (Å²) in [6, 6.07) is 14.3. The van der Waals surface area contributed by atoms with Crippen molar-refractivity contribution in [1.29, 1.82) is 0 Å². The molecule has 2 aromatic rings. The topological polar surface area (TPSA) is 58.4 Å². The largest absolute Gasteiger partial charge is 0.363 e. The smallest absolute Gasteiger partial charge is 0.265 e. The van der Waals surface area contributed by atoms with Crippen LogP contribution in [-0.4, -0.2) is 5.91 Å². The van der Waals surface area contributed by atoms with Crippen LogP contribution >= 0.6 is 0 Å². The minimum atomic E-state index is -0.249. The van der Waals surface area contributed by atoms with Gasteiger partial charge in [-0.2, -0.15) is 0 Å². The first kappa shape index (κ1) is 12.7. The van der Waals surface area contributed by atoms with Crippen molar-refractivity contribution in [2.75, 3.05) is 4.90 Å². The van der Waals surface area contributed by atoms with E-state index in [1.54, 1.807) is 0 Å². The number of nitrogen functional groups attached to an aromatic ring is 1. The highest BCUT2D eigenvalue weighted by Crippen LogP contribution is 2.29. The molecule has 0 atom stereocenters. The van der Waals surface area contributed by atoms with Gasteiger partial charge in [-0.05, 0) is 42.3 Å². The summed E-state index contributed by atoms with van der Waals surface area (Å²) in [7, 11) is 0. The fourth-order valence-corrected chi connectivity index (χ4v) is 2.56. The van der Waals surface area contributed by atoms with Crippen molar-refractivity contribution in [3.63, 3.8) is 0 Å². The minimum absolute atomic E-state index is 0.249. The summed E-state index contributed by atoms with van der Waals surface area (Å²) in [6.45, 7) is 3.78. The first-order valence-electron chi connectivity index (χ1n) is 6.62. The van der Waals surface area contributed by atoms with Crippen LogP contribution in [0.5, 0.6) is 0 Å². The SMILES string of the molecule is Cc1ccc(N2Cc3ccc(C(=O)NN)cc3C2)cc1. The van der Waals surface area contributed by atoms with Gasteiger partial charge in [-0.15, -0.1) is 0 Å². The molecule has 3 rings (SSSR count). The van der Waals surface area contributed by atoms with Crippen molar-refractivity contribution in [2.24, 2.45) is 5.84 Å². The van der Waals surface area contributed by atoms with Crippen LogP contribution in [0.3, 0.4) is 0 Å². The Kier molecular flexibility index (Phi) is 3.16. The number of hydrogen-bond acceptors (Lipinski definition) is 3. The summed E-state index contributed by atoms with van der Waals surface area (Å²) < 4.78 is 0. The molecule has 2 aromatic carbocycles. The van der Waals surface area contributed by atoms with E-state index in [1.807, 2.05) is 18.2 Å². The quantitative estimate of drug-likeness (QED) is 0.498. The van der Waals surface area contributed by atoms with E-state index >= 15 is 0 Å². The Morgan fingerprint density at radius 2 is 1.80 bits per heavy atom. The van der Waals surface area contributed by atoms with Crippen molar-refractivity contribution in [2.45, 2.75) is 20.0 Å². The molecule has 0 unspecified atom stereocenters. The molecule has 0 fully saturated rings. The van der Waals surface area contributed by atoms with Crippen LogP contribution in [0.4, 0.5) is 5.69 Å². The lowest BCUT2D eigenvalue weighted by Crippen LogP contribution is -2.30. The number of aryl methyl sites for hydroxylation is 1. The number of hydrazine groups is 1. The average Bonchev–Trinajstić information content (AvgIpc) is 2.90. The van der Waals surface area contributed by atoms with Gasteiger partial charge in [-0.1, -0.05) is 23.8 Å². The van der Waals surface area contributed by atoms with Gasteiger partial charge in [0.15, 0.2) is 0 Å². The fraction of sp³-hybridized carbons (Fsp3) is 0.188. The molecule has 1 amide bonds. The highest BCUT2D eigenvalue weighted by Gasteiger charge is 2.20. The maximum Gasteiger partial charge on any atom is 0.265 e. The number of fused-ring (bicyclic) bond motifs is 1. The summed E-state index contributed by atoms with van der Waals surface area (Å²) in [6.07, 6.45) is 0. The molecule has 4 heteroatoms. The van der Waals surface area contributed by atoms with Crippen LogP contribution in [0.2, 0.25) is 0 Å². The van der Waals surface area contributed by atoms with E-state index < -0.39 is 0 Å². The number of hydrogen-bond donors (Lipinski definition) is 2. The van der Waals surface area contributed by atoms with Gasteiger partial charge in [0.25, 0.3) is 5.91 Å². The predicted molar refractivity (Wildman–Crippen MR) is 79.2 cm³/mol. The van der Waals surface area contributed by atoms with E-state index in [-0.39, 0.29) is 5.91 Å². The Balaban J connectivity index is 1.85. The van der Waals surface area contributed by atoms with Crippen LogP contribution in [0.15, 0.2) is 42.5 Å². The number of nitrogens with zero attached hydrogens (tertiary/aromatic N) is 1. The third kappa shape index (κ3) is 2.26. The molecule has 1 aliphatic rings. The second-order valence-electron chi connectivity index (χ2n) is 5.15. The minimum Gasteiger partial charge on any atom is -0.363 e. The Morgan fingerprint density at radius 3 is 2.50 bits per heavy atom. The van der Waals surface area contributed by atoms with E-state index in [0.29, 0.717) is 5.56 Å². The second-order valence-corrected chi connectivity index (χ2v) is 5.15. The van der Waals surface area contributed by atoms with Crippen LogP contribution in [-0.2, 0) is 13.1 Å². The van der Waals surface area contributed by atoms with E-state index in [4.69, 9.17) is 5.84 Å². The van der Waals surface area contributed by atoms with Gasteiger partial charge < -0.3 is 4.90 Å². The van der Waals surface area contributed by atoms with Crippen molar-refractivity contribution in [3.05, 3.63) is 64.7 Å². The zero-order chi connectivity index (χ0) is 14.1. The molecular weight excluding hydrogens is 250 g/mol. The van der Waals surface area contributed by atoms with Gasteiger partial charge in [0, 0.05) is 24.3 Å². The molecule has 0 saturated carbocycles. The number of amides is 1. The molecule has 0 saturated heterocycles. The summed E-state index contributed by atoms with van der Waals surface area (Å²) in [5.74, 6) is 4.92. The van der Waals surface area contributed by atoms with Gasteiger partial charge in [-0.25, -0.2) is 5.84 Å². The van der Waals surface area contributed by atoms with Gasteiger partial charge in [-0.3, -0.25) is 10.2 Å². The fourth-order valence-electron chi connectivity index (χ4n) is 2.56. The van der Waals surface area contributed by atoms with Gasteiger partial charge >= 0.3 is 0 Å². The molecular formula is C16H17N3O. The second kappa shape index (κ2) is 4.98. The summed E-state index contributed by atoms with van der Waals surface area (Å²) in [5, 5.41) is 0. The molecule has 1 heterocycles. The zero-order valence-corrected chi connectivity index (χ0v) is 11.4. The molecule has 0 spiro atoms. The normalized spacial score (nSPS) is 13.2. The Morgan fingerprint density at radius 1 is 1.10 bits per heavy atom. The van der Waals surface area contributed by atoms with Crippen LogP contribution in [0.25, 0.3) is 0 Å². The summed E-state index contributed by atoms with van der Waals surface area (Å²) in [5.41, 5.74) is 7.69. The molecule has 20 heavy (non-hydrogen) atoms. The third-order valence-corrected chi connectivity index (χ3v) is 3.72. The van der Waals surface area contributed by atoms with E-state index in [0.717, 1.165) is 13.1 Å². The number of nitrogens with one attached hydrogen (secondary N) is 1. The number of carbonyl (C=O) groups is 1. The number of anilines is 1. The summed E-state index contributed by atoms with van der Waals surface area (Å²) in [4.78, 5) is 13.9. The molecule has 1 aliphatic heterocycles. The Labute approximate surface area is 118 Å². The number of rotatable bonds is 2. The van der Waals surface area contributed by atoms with Crippen LogP contribution in [0, 0.1) is 6.92 Å². The molecule has 0 aromatic heterocycles. The molecule has 0 radical (unpaired) electrons. The Hall–Kier alpha value is -2.33. The maximum absolute atomic E-state index is 11.6. The van der Waals surface area contributed by atoms with Gasteiger partial charge in [0.2, 0.25) is 0 Å². The summed E-state index contributed by atoms with van der Waals surface area (Å²) >= 11 is 0. The molecule has 0 aliphatic carbocycles. The highest BCUT2D eigenvalue weighted by molar-refractivity contribution is 5.94. The monoisotopic (exact) mass is 267 g/mol. The van der Waals surface area contributed by atoms with E-state index in [1.165, 1.54) is 22.4 Å². The van der Waals surface area contributed by atoms with Crippen molar-refractivity contribution in [1.82, 2.24) is 5.43 Å². The number of carbonyl (C=O) groups excluding carboxylic acids is 1. The predicted octanol–water partition coefficient (Wildman–Crippen LogP) is 2.12. The zero-order valence-electron chi connectivity index (χ0n) is 11.4. The van der Waals surface area contributed by atoms with Gasteiger partial charge in [0.05, 0.1) is 0 Å². The first-order valence-corrected chi connectivity index (χ1v) is 6.62. The molecule has 0 bridgehead atoms. The van der Waals surface area contributed by atoms with Crippen LogP contribution < -0.4 is 16.2 Å². The lowest BCUT2D eigenvalue weighted by atomic mass is 10.1. The van der Waals surface area contributed by atoms with Crippen molar-refractivity contribution >= 4 is 11.6 Å². The lowest BCUT2D eigenvalue weighted by molar-refractivity contribution is 0.0953. The standard InChI is InChI=1S/C16H17N3O/c1-11-2-6-15(7-3-11)19-9-13-5-4-12(16(20)18-17)8-14(13)10-19/h2-8H,9-10,17H2,1H3,(H,18,20). The van der Waals surface area contributed by atoms with Crippen molar-refractivity contribution < 1.29 is 4.79 Å². The van der Waals surface area contributed by atoms with Gasteiger partial charge in [0.1, 0.15) is 0 Å². The Bertz CT molecular complexity index is 649. The molecule has 4 nitrogen and oxygen atoms in total. The maximum atomic E-state index is 11.6. The number of nitrogens with two attached hydrogens (primary N) is 1. The molecule has 102 valence electrons. The first-order chi connectivity index (χ1) is 9.67. The highest BCUT2D eigenvalue weighted by atomic mass is 16.2.